The van der Waals surface area contributed by atoms with Gasteiger partial charge in [-0.2, -0.15) is 0 Å². The Hall–Kier alpha value is -1.37. The van der Waals surface area contributed by atoms with Crippen LogP contribution in [-0.2, 0) is 19.0 Å². The number of fused-ring (bicyclic) bond motifs is 1. The third-order valence-corrected chi connectivity index (χ3v) is 3.67. The first-order valence-corrected chi connectivity index (χ1v) is 6.74. The highest BCUT2D eigenvalue weighted by Crippen LogP contribution is 2.43. The molecule has 2 rings (SSSR count). The van der Waals surface area contributed by atoms with Gasteiger partial charge in [-0.25, -0.2) is 4.79 Å². The molecule has 0 aromatic heterocycles. The van der Waals surface area contributed by atoms with Crippen molar-refractivity contribution >= 4 is 5.97 Å². The lowest BCUT2D eigenvalue weighted by Crippen LogP contribution is -2.39. The van der Waals surface area contributed by atoms with Crippen molar-refractivity contribution in [3.8, 4) is 0 Å². The fraction of sp³-hybridized carbons (Fsp3) is 0.643. The van der Waals surface area contributed by atoms with Crippen LogP contribution in [0.15, 0.2) is 23.5 Å². The SMILES string of the molecule is CCOC(C)O[C@H]1OC=C(C(=O)O)[C@H]2CC=C(CO)[C@H]12. The minimum Gasteiger partial charge on any atom is -0.478 e. The van der Waals surface area contributed by atoms with Gasteiger partial charge in [-0.05, 0) is 25.8 Å². The maximum atomic E-state index is 11.2. The topological polar surface area (TPSA) is 85.2 Å². The number of aliphatic hydroxyl groups is 1. The Bertz CT molecular complexity index is 427. The fourth-order valence-corrected chi connectivity index (χ4v) is 2.78. The fourth-order valence-electron chi connectivity index (χ4n) is 2.78. The molecular formula is C14H20O6. The lowest BCUT2D eigenvalue weighted by Gasteiger charge is -2.35. The van der Waals surface area contributed by atoms with E-state index >= 15 is 0 Å². The Kier molecular flexibility index (Phi) is 4.80. The van der Waals surface area contributed by atoms with Crippen LogP contribution in [0.2, 0.25) is 0 Å². The molecule has 0 aromatic rings. The summed E-state index contributed by atoms with van der Waals surface area (Å²) in [6, 6.07) is 0. The van der Waals surface area contributed by atoms with E-state index in [1.807, 2.05) is 13.0 Å². The average Bonchev–Trinajstić information content (AvgIpc) is 2.83. The summed E-state index contributed by atoms with van der Waals surface area (Å²) in [6.45, 7) is 4.01. The molecule has 112 valence electrons. The van der Waals surface area contributed by atoms with E-state index in [2.05, 4.69) is 0 Å². The summed E-state index contributed by atoms with van der Waals surface area (Å²) in [5.74, 6) is -1.50. The number of ether oxygens (including phenoxy) is 3. The van der Waals surface area contributed by atoms with Gasteiger partial charge in [-0.3, -0.25) is 0 Å². The lowest BCUT2D eigenvalue weighted by molar-refractivity contribution is -0.242. The summed E-state index contributed by atoms with van der Waals surface area (Å²) < 4.78 is 16.4. The van der Waals surface area contributed by atoms with E-state index in [4.69, 9.17) is 14.2 Å². The molecule has 0 amide bonds. The minimum atomic E-state index is -0.996. The number of carbonyl (C=O) groups is 1. The monoisotopic (exact) mass is 284 g/mol. The quantitative estimate of drug-likeness (QED) is 0.564. The normalized spacial score (nSPS) is 30.1. The van der Waals surface area contributed by atoms with Crippen LogP contribution in [0.3, 0.4) is 0 Å². The van der Waals surface area contributed by atoms with Crippen molar-refractivity contribution in [1.82, 2.24) is 0 Å². The van der Waals surface area contributed by atoms with Crippen molar-refractivity contribution in [1.29, 1.82) is 0 Å². The van der Waals surface area contributed by atoms with Crippen molar-refractivity contribution < 1.29 is 29.2 Å². The molecule has 1 aliphatic carbocycles. The van der Waals surface area contributed by atoms with Crippen molar-refractivity contribution in [2.75, 3.05) is 13.2 Å². The highest BCUT2D eigenvalue weighted by atomic mass is 16.8. The van der Waals surface area contributed by atoms with Gasteiger partial charge >= 0.3 is 5.97 Å². The number of allylic oxidation sites excluding steroid dienone is 1. The van der Waals surface area contributed by atoms with Crippen molar-refractivity contribution in [3.05, 3.63) is 23.5 Å². The molecule has 1 aliphatic heterocycles. The summed E-state index contributed by atoms with van der Waals surface area (Å²) in [4.78, 5) is 11.2. The van der Waals surface area contributed by atoms with E-state index in [-0.39, 0.29) is 24.0 Å². The van der Waals surface area contributed by atoms with Crippen LogP contribution in [-0.4, -0.2) is 42.0 Å². The summed E-state index contributed by atoms with van der Waals surface area (Å²) in [6.07, 6.45) is 2.60. The summed E-state index contributed by atoms with van der Waals surface area (Å²) >= 11 is 0. The van der Waals surface area contributed by atoms with Crippen LogP contribution < -0.4 is 0 Å². The standard InChI is InChI=1S/C14H20O6/c1-3-18-8(2)20-14-12-9(6-15)4-5-10(12)11(7-19-14)13(16)17/h4,7-8,10,12,14-15H,3,5-6H2,1-2H3,(H,16,17)/t8?,10-,12+,14-/m1/s1. The maximum Gasteiger partial charge on any atom is 0.335 e. The first kappa shape index (κ1) is 15.0. The van der Waals surface area contributed by atoms with E-state index in [1.54, 1.807) is 6.92 Å². The van der Waals surface area contributed by atoms with Crippen LogP contribution in [0.4, 0.5) is 0 Å². The van der Waals surface area contributed by atoms with Gasteiger partial charge in [0.2, 0.25) is 6.29 Å². The maximum absolute atomic E-state index is 11.2. The van der Waals surface area contributed by atoms with Crippen molar-refractivity contribution in [2.45, 2.75) is 32.8 Å². The van der Waals surface area contributed by atoms with Gasteiger partial charge in [0, 0.05) is 12.5 Å². The van der Waals surface area contributed by atoms with Crippen molar-refractivity contribution in [3.63, 3.8) is 0 Å². The molecule has 0 saturated carbocycles. The van der Waals surface area contributed by atoms with E-state index in [0.29, 0.717) is 13.0 Å². The Morgan fingerprint density at radius 1 is 1.60 bits per heavy atom. The molecule has 0 spiro atoms. The van der Waals surface area contributed by atoms with E-state index in [0.717, 1.165) is 5.57 Å². The molecule has 0 saturated heterocycles. The minimum absolute atomic E-state index is 0.125. The molecule has 0 bridgehead atoms. The Morgan fingerprint density at radius 2 is 2.35 bits per heavy atom. The smallest absolute Gasteiger partial charge is 0.335 e. The van der Waals surface area contributed by atoms with Gasteiger partial charge in [0.05, 0.1) is 24.4 Å². The first-order valence-electron chi connectivity index (χ1n) is 6.74. The van der Waals surface area contributed by atoms with E-state index < -0.39 is 18.5 Å². The summed E-state index contributed by atoms with van der Waals surface area (Å²) in [7, 11) is 0. The number of hydrogen-bond acceptors (Lipinski definition) is 5. The lowest BCUT2D eigenvalue weighted by atomic mass is 9.83. The second-order valence-electron chi connectivity index (χ2n) is 4.85. The number of carboxylic acid groups (broad SMARTS) is 1. The zero-order valence-corrected chi connectivity index (χ0v) is 11.6. The second kappa shape index (κ2) is 6.39. The third-order valence-electron chi connectivity index (χ3n) is 3.67. The predicted molar refractivity (Wildman–Crippen MR) is 69.5 cm³/mol. The largest absolute Gasteiger partial charge is 0.478 e. The van der Waals surface area contributed by atoms with Gasteiger partial charge in [0.25, 0.3) is 0 Å². The number of hydrogen-bond donors (Lipinski definition) is 2. The average molecular weight is 284 g/mol. The highest BCUT2D eigenvalue weighted by molar-refractivity contribution is 5.87. The Balaban J connectivity index is 2.17. The van der Waals surface area contributed by atoms with Gasteiger partial charge < -0.3 is 24.4 Å². The highest BCUT2D eigenvalue weighted by Gasteiger charge is 2.44. The number of carboxylic acids is 1. The molecule has 0 fully saturated rings. The zero-order valence-electron chi connectivity index (χ0n) is 11.6. The van der Waals surface area contributed by atoms with Crippen LogP contribution in [0.5, 0.6) is 0 Å². The van der Waals surface area contributed by atoms with Gasteiger partial charge in [0.1, 0.15) is 0 Å². The number of aliphatic hydroxyl groups excluding tert-OH is 1. The van der Waals surface area contributed by atoms with Gasteiger partial charge in [-0.1, -0.05) is 6.08 Å². The Labute approximate surface area is 117 Å². The second-order valence-corrected chi connectivity index (χ2v) is 4.85. The van der Waals surface area contributed by atoms with Crippen LogP contribution in [0, 0.1) is 11.8 Å². The third kappa shape index (κ3) is 2.87. The van der Waals surface area contributed by atoms with Crippen molar-refractivity contribution in [2.24, 2.45) is 11.8 Å². The molecule has 0 aromatic carbocycles. The molecule has 0 radical (unpaired) electrons. The number of rotatable bonds is 6. The molecule has 1 heterocycles. The molecule has 6 nitrogen and oxygen atoms in total. The molecular weight excluding hydrogens is 264 g/mol. The molecule has 4 atom stereocenters. The first-order chi connectivity index (χ1) is 9.58. The summed E-state index contributed by atoms with van der Waals surface area (Å²) in [5.41, 5.74) is 0.981. The molecule has 2 N–H and O–H groups in total. The molecule has 1 unspecified atom stereocenters. The molecule has 6 heteroatoms. The predicted octanol–water partition coefficient (Wildman–Crippen LogP) is 1.27. The molecule has 2 aliphatic rings. The summed E-state index contributed by atoms with van der Waals surface area (Å²) in [5, 5.41) is 18.6. The van der Waals surface area contributed by atoms with E-state index in [1.165, 1.54) is 6.26 Å². The van der Waals surface area contributed by atoms with Crippen LogP contribution in [0.25, 0.3) is 0 Å². The van der Waals surface area contributed by atoms with E-state index in [9.17, 15) is 15.0 Å². The van der Waals surface area contributed by atoms with Gasteiger partial charge in [-0.15, -0.1) is 0 Å². The van der Waals surface area contributed by atoms with Crippen LogP contribution in [0.1, 0.15) is 20.3 Å². The van der Waals surface area contributed by atoms with Crippen LogP contribution >= 0.6 is 0 Å². The molecule has 20 heavy (non-hydrogen) atoms. The van der Waals surface area contributed by atoms with Gasteiger partial charge in [0.15, 0.2) is 6.29 Å². The Morgan fingerprint density at radius 3 is 2.95 bits per heavy atom. The number of aliphatic carboxylic acids is 1. The zero-order chi connectivity index (χ0) is 14.7.